The van der Waals surface area contributed by atoms with Gasteiger partial charge in [-0.1, -0.05) is 219 Å². The standard InChI is InChI=1S/C10H13F2NO.2C10H15NO.3C10H15N.C9H16N2.C9H13NO.C7H12N2O.5CH4/c1-10(2,3)7-4-5-8(13-6-7)14-9(11)12;1-10(2,3)8-5-6-9(12-4)11-7-8;1-8-5-6-11(9(12)7-8)10(2,3)4;3*1-8-5-6-9(7-11-8)10(2,3)4;1-5-11-7-8(6-10-11)9(2,3)4;1-9(2,3)10-7-5-4-6-8(10)11;1-5-8-9-6(10-5)7(2,3)4;;;;;/h4-6,9H,1-3H3;2*5-7H,1-4H3;3*5-7H,1-4H3;6-7H,5H2,1-4H3;4-7H,1-3H3;1-4H3;5*1H4. The summed E-state index contributed by atoms with van der Waals surface area (Å²) in [5.74, 6) is 1.95. The molecule has 9 heterocycles. The number of hydrogen-bond donors (Lipinski definition) is 0. The van der Waals surface area contributed by atoms with Crippen molar-refractivity contribution in [2.75, 3.05) is 7.11 Å². The highest BCUT2D eigenvalue weighted by Gasteiger charge is 2.22. The number of methoxy groups -OCH3 is 1. The molecule has 18 heteroatoms. The average Bonchev–Trinajstić information content (AvgIpc) is 1.10. The molecule has 0 aliphatic rings. The lowest BCUT2D eigenvalue weighted by molar-refractivity contribution is -0.0528. The van der Waals surface area contributed by atoms with Crippen LogP contribution in [0.25, 0.3) is 0 Å². The van der Waals surface area contributed by atoms with Gasteiger partial charge in [0.15, 0.2) is 0 Å². The molecule has 0 radical (unpaired) electrons. The van der Waals surface area contributed by atoms with E-state index in [0.717, 1.165) is 34.8 Å². The first-order chi connectivity index (χ1) is 46.9. The lowest BCUT2D eigenvalue weighted by Gasteiger charge is -2.21. The van der Waals surface area contributed by atoms with Crippen LogP contribution in [0.4, 0.5) is 8.78 Å². The van der Waals surface area contributed by atoms with Crippen molar-refractivity contribution in [3.63, 3.8) is 0 Å². The van der Waals surface area contributed by atoms with Gasteiger partial charge in [0.25, 0.3) is 11.1 Å². The van der Waals surface area contributed by atoms with Crippen molar-refractivity contribution >= 4 is 0 Å². The van der Waals surface area contributed by atoms with Gasteiger partial charge in [-0.25, -0.2) is 9.97 Å². The Morgan fingerprint density at radius 2 is 0.759 bits per heavy atom. The highest BCUT2D eigenvalue weighted by molar-refractivity contribution is 5.26. The van der Waals surface area contributed by atoms with Crippen LogP contribution in [0.15, 0.2) is 161 Å². The number of ether oxygens (including phenoxy) is 2. The van der Waals surface area contributed by atoms with Crippen molar-refractivity contribution in [2.45, 2.75) is 328 Å². The van der Waals surface area contributed by atoms with Crippen LogP contribution >= 0.6 is 0 Å². The molecule has 0 atom stereocenters. The third-order valence-electron chi connectivity index (χ3n) is 15.3. The average molecular weight is 1500 g/mol. The van der Waals surface area contributed by atoms with Gasteiger partial charge in [0, 0.05) is 121 Å². The van der Waals surface area contributed by atoms with Crippen molar-refractivity contribution in [2.24, 2.45) is 0 Å². The molecular formula is C90H149F2N11O5. The van der Waals surface area contributed by atoms with Crippen LogP contribution in [0.2, 0.25) is 0 Å². The minimum absolute atomic E-state index is 0. The Morgan fingerprint density at radius 3 is 0.981 bits per heavy atom. The maximum atomic E-state index is 11.8. The number of aryl methyl sites for hydroxylation is 6. The third kappa shape index (κ3) is 42.9. The maximum absolute atomic E-state index is 11.8. The molecule has 0 aromatic carbocycles. The quantitative estimate of drug-likeness (QED) is 0.162. The Labute approximate surface area is 655 Å². The first-order valence-electron chi connectivity index (χ1n) is 35.3. The van der Waals surface area contributed by atoms with E-state index in [2.05, 4.69) is 198 Å². The lowest BCUT2D eigenvalue weighted by atomic mass is 9.88. The number of alkyl halides is 2. The van der Waals surface area contributed by atoms with E-state index in [1.807, 2.05) is 183 Å². The number of pyridine rings is 7. The second-order valence-electron chi connectivity index (χ2n) is 34.5. The molecule has 0 aliphatic heterocycles. The molecule has 16 nitrogen and oxygen atoms in total. The summed E-state index contributed by atoms with van der Waals surface area (Å²) in [4.78, 5) is 43.3. The Balaban J connectivity index is -0.000000367. The molecule has 0 spiro atoms. The molecule has 0 bridgehead atoms. The predicted molar refractivity (Wildman–Crippen MR) is 456 cm³/mol. The normalized spacial score (nSPS) is 11.2. The molecule has 0 saturated heterocycles. The molecule has 0 aliphatic carbocycles. The molecule has 608 valence electrons. The lowest BCUT2D eigenvalue weighted by Crippen LogP contribution is -2.32. The van der Waals surface area contributed by atoms with Crippen LogP contribution in [0.3, 0.4) is 0 Å². The van der Waals surface area contributed by atoms with Crippen molar-refractivity contribution in [3.05, 3.63) is 235 Å². The molecule has 0 unspecified atom stereocenters. The van der Waals surface area contributed by atoms with E-state index in [1.54, 1.807) is 53.6 Å². The fraction of sp³-hybridized carbons (Fsp3) is 0.556. The third-order valence-corrected chi connectivity index (χ3v) is 15.3. The Kier molecular flexibility index (Phi) is 46.8. The van der Waals surface area contributed by atoms with E-state index in [-0.39, 0.29) is 103 Å². The zero-order valence-electron chi connectivity index (χ0n) is 69.4. The van der Waals surface area contributed by atoms with E-state index in [0.29, 0.717) is 17.7 Å². The number of rotatable bonds is 4. The van der Waals surface area contributed by atoms with Gasteiger partial charge in [-0.15, -0.1) is 10.2 Å². The van der Waals surface area contributed by atoms with E-state index in [1.165, 1.54) is 33.9 Å². The second kappa shape index (κ2) is 46.7. The predicted octanol–water partition coefficient (Wildman–Crippen LogP) is 24.0. The van der Waals surface area contributed by atoms with Crippen molar-refractivity contribution in [1.82, 2.24) is 54.0 Å². The van der Waals surface area contributed by atoms with Gasteiger partial charge >= 0.3 is 6.61 Å². The molecular weight excluding hydrogens is 1350 g/mol. The molecule has 0 fully saturated rings. The van der Waals surface area contributed by atoms with Crippen molar-refractivity contribution < 1.29 is 22.7 Å². The summed E-state index contributed by atoms with van der Waals surface area (Å²) in [6, 6.07) is 28.5. The van der Waals surface area contributed by atoms with Gasteiger partial charge in [0.2, 0.25) is 23.5 Å². The molecule has 108 heavy (non-hydrogen) atoms. The van der Waals surface area contributed by atoms with Gasteiger partial charge in [-0.05, 0) is 178 Å². The second-order valence-corrected chi connectivity index (χ2v) is 34.5. The van der Waals surface area contributed by atoms with Gasteiger partial charge in [0.1, 0.15) is 0 Å². The van der Waals surface area contributed by atoms with E-state index < -0.39 is 6.61 Å². The summed E-state index contributed by atoms with van der Waals surface area (Å²) in [5, 5.41) is 11.9. The van der Waals surface area contributed by atoms with Crippen LogP contribution in [0, 0.1) is 34.6 Å². The number of hydrogen-bond acceptors (Lipinski definition) is 13. The molecule has 9 rings (SSSR count). The molecule has 9 aromatic heterocycles. The summed E-state index contributed by atoms with van der Waals surface area (Å²) in [5.41, 5.74) is 12.6. The summed E-state index contributed by atoms with van der Waals surface area (Å²) in [6.07, 6.45) is 17.0. The monoisotopic (exact) mass is 1500 g/mol. The van der Waals surface area contributed by atoms with Crippen molar-refractivity contribution in [3.8, 4) is 11.8 Å². The zero-order chi connectivity index (χ0) is 79.5. The SMILES string of the molecule is C.C.C.C.C.CC(C)(C)c1ccc(OC(F)F)nc1.CC(C)(C)n1ccccc1=O.CCn1cc(C(C)(C)C)cn1.COc1ccc(C(C)(C)C)cn1.Cc1ccc(C(C)(C)C)cn1.Cc1ccc(C(C)(C)C)cn1.Cc1ccc(C(C)(C)C)cn1.Cc1ccn(C(C)(C)C)c(=O)c1.Cc1nnc(C(C)(C)C)o1. The van der Waals surface area contributed by atoms with Gasteiger partial charge in [-0.2, -0.15) is 13.9 Å². The van der Waals surface area contributed by atoms with Gasteiger partial charge < -0.3 is 23.0 Å². The first-order valence-corrected chi connectivity index (χ1v) is 35.3. The Morgan fingerprint density at radius 1 is 0.407 bits per heavy atom. The molecule has 9 aromatic rings. The summed E-state index contributed by atoms with van der Waals surface area (Å²) in [6.45, 7) is 67.1. The highest BCUT2D eigenvalue weighted by atomic mass is 19.3. The molecule has 0 amide bonds. The minimum atomic E-state index is -2.82. The van der Waals surface area contributed by atoms with E-state index >= 15 is 0 Å². The topological polar surface area (TPSA) is 184 Å². The zero-order valence-corrected chi connectivity index (χ0v) is 69.4. The smallest absolute Gasteiger partial charge is 0.388 e. The molecule has 0 N–H and O–H groups in total. The number of aromatic nitrogens is 11. The van der Waals surface area contributed by atoms with Crippen LogP contribution in [-0.2, 0) is 55.5 Å². The first kappa shape index (κ1) is 108. The largest absolute Gasteiger partial charge is 0.481 e. The highest BCUT2D eigenvalue weighted by Crippen LogP contribution is 2.27. The van der Waals surface area contributed by atoms with Crippen LogP contribution in [-0.4, -0.2) is 67.8 Å². The maximum Gasteiger partial charge on any atom is 0.388 e. The Hall–Kier alpha value is -8.54. The van der Waals surface area contributed by atoms with Crippen molar-refractivity contribution in [1.29, 1.82) is 0 Å². The van der Waals surface area contributed by atoms with Gasteiger partial charge in [0.05, 0.1) is 13.3 Å². The fourth-order valence-electron chi connectivity index (χ4n) is 8.30. The van der Waals surface area contributed by atoms with E-state index in [9.17, 15) is 18.4 Å². The fourth-order valence-corrected chi connectivity index (χ4v) is 8.30. The summed E-state index contributed by atoms with van der Waals surface area (Å²) < 4.78 is 43.3. The summed E-state index contributed by atoms with van der Waals surface area (Å²) >= 11 is 0. The van der Waals surface area contributed by atoms with Crippen LogP contribution < -0.4 is 20.6 Å². The Bertz CT molecular complexity index is 3830. The van der Waals surface area contributed by atoms with Gasteiger partial charge in [-0.3, -0.25) is 29.2 Å². The van der Waals surface area contributed by atoms with E-state index in [4.69, 9.17) is 9.15 Å². The minimum Gasteiger partial charge on any atom is -0.481 e. The molecule has 0 saturated carbocycles. The van der Waals surface area contributed by atoms with Crippen LogP contribution in [0.5, 0.6) is 11.8 Å². The summed E-state index contributed by atoms with van der Waals surface area (Å²) in [7, 11) is 1.62. The van der Waals surface area contributed by atoms with Crippen LogP contribution in [0.1, 0.15) is 299 Å². The number of nitrogens with zero attached hydrogens (tertiary/aromatic N) is 11. The number of halogens is 2.